The summed E-state index contributed by atoms with van der Waals surface area (Å²) in [4.78, 5) is 27.8. The average molecular weight is 365 g/mol. The molecule has 0 radical (unpaired) electrons. The van der Waals surface area contributed by atoms with Gasteiger partial charge < -0.3 is 19.2 Å². The van der Waals surface area contributed by atoms with E-state index in [1.165, 1.54) is 0 Å². The van der Waals surface area contributed by atoms with E-state index >= 15 is 0 Å². The van der Waals surface area contributed by atoms with Crippen molar-refractivity contribution in [3.05, 3.63) is 75.6 Å². The lowest BCUT2D eigenvalue weighted by Gasteiger charge is -2.25. The fourth-order valence-corrected chi connectivity index (χ4v) is 3.57. The van der Waals surface area contributed by atoms with Crippen LogP contribution in [0, 0.1) is 0 Å². The zero-order valence-corrected chi connectivity index (χ0v) is 14.8. The van der Waals surface area contributed by atoms with Crippen molar-refractivity contribution in [3.63, 3.8) is 0 Å². The summed E-state index contributed by atoms with van der Waals surface area (Å²) in [5.74, 6) is 0.440. The van der Waals surface area contributed by atoms with Gasteiger partial charge in [0.15, 0.2) is 5.43 Å². The van der Waals surface area contributed by atoms with Gasteiger partial charge in [-0.15, -0.1) is 0 Å². The number of fused-ring (bicyclic) bond motifs is 2. The fraction of sp³-hybridized carbons (Fsp3) is 0.238. The number of aliphatic hydroxyl groups is 1. The molecule has 2 aromatic carbocycles. The number of aliphatic hydroxyl groups excluding tert-OH is 1. The van der Waals surface area contributed by atoms with E-state index in [4.69, 9.17) is 9.15 Å². The number of para-hydroxylation sites is 1. The molecule has 6 nitrogen and oxygen atoms in total. The Balaban J connectivity index is 1.93. The van der Waals surface area contributed by atoms with Crippen LogP contribution in [0.3, 0.4) is 0 Å². The zero-order valence-electron chi connectivity index (χ0n) is 14.8. The molecule has 27 heavy (non-hydrogen) atoms. The lowest BCUT2D eigenvalue weighted by Crippen LogP contribution is -2.31. The van der Waals surface area contributed by atoms with E-state index in [0.29, 0.717) is 35.2 Å². The van der Waals surface area contributed by atoms with Gasteiger partial charge in [-0.2, -0.15) is 0 Å². The summed E-state index contributed by atoms with van der Waals surface area (Å²) in [6.07, 6.45) is 0.417. The second-order valence-electron chi connectivity index (χ2n) is 6.42. The summed E-state index contributed by atoms with van der Waals surface area (Å²) in [7, 11) is 1.58. The Labute approximate surface area is 155 Å². The van der Waals surface area contributed by atoms with Crippen molar-refractivity contribution in [3.8, 4) is 5.75 Å². The smallest absolute Gasteiger partial charge is 0.290 e. The van der Waals surface area contributed by atoms with E-state index in [9.17, 15) is 14.7 Å². The number of hydrogen-bond donors (Lipinski definition) is 1. The van der Waals surface area contributed by atoms with Crippen LogP contribution < -0.4 is 10.2 Å². The van der Waals surface area contributed by atoms with Crippen molar-refractivity contribution < 1.29 is 19.1 Å². The molecule has 1 amide bonds. The molecule has 2 heterocycles. The van der Waals surface area contributed by atoms with Gasteiger partial charge in [0.05, 0.1) is 24.1 Å². The minimum Gasteiger partial charge on any atom is -0.497 e. The van der Waals surface area contributed by atoms with Crippen molar-refractivity contribution in [2.24, 2.45) is 0 Å². The molecule has 1 N–H and O–H groups in total. The molecule has 1 aromatic heterocycles. The van der Waals surface area contributed by atoms with Crippen LogP contribution in [0.1, 0.15) is 34.1 Å². The Kier molecular flexibility index (Phi) is 4.41. The van der Waals surface area contributed by atoms with Gasteiger partial charge in [0.2, 0.25) is 5.76 Å². The molecule has 1 unspecified atom stereocenters. The maximum Gasteiger partial charge on any atom is 0.290 e. The van der Waals surface area contributed by atoms with Gasteiger partial charge in [-0.05, 0) is 36.2 Å². The molecule has 1 atom stereocenters. The summed E-state index contributed by atoms with van der Waals surface area (Å²) in [6.45, 7) is 0.283. The third kappa shape index (κ3) is 2.78. The molecule has 0 saturated carbocycles. The number of nitrogens with zero attached hydrogens (tertiary/aromatic N) is 1. The van der Waals surface area contributed by atoms with Crippen LogP contribution in [0.15, 0.2) is 57.7 Å². The molecule has 138 valence electrons. The highest BCUT2D eigenvalue weighted by atomic mass is 16.5. The Morgan fingerprint density at radius 1 is 1.11 bits per heavy atom. The van der Waals surface area contributed by atoms with Crippen LogP contribution in [0.4, 0.5) is 0 Å². The third-order valence-electron chi connectivity index (χ3n) is 4.86. The highest BCUT2D eigenvalue weighted by Gasteiger charge is 2.42. The molecule has 3 aromatic rings. The Bertz CT molecular complexity index is 1050. The first kappa shape index (κ1) is 17.3. The molecule has 0 bridgehead atoms. The number of methoxy groups -OCH3 is 1. The second-order valence-corrected chi connectivity index (χ2v) is 6.42. The van der Waals surface area contributed by atoms with Gasteiger partial charge in [0, 0.05) is 13.2 Å². The van der Waals surface area contributed by atoms with Gasteiger partial charge >= 0.3 is 0 Å². The highest BCUT2D eigenvalue weighted by Crippen LogP contribution is 2.38. The van der Waals surface area contributed by atoms with E-state index in [-0.39, 0.29) is 23.7 Å². The highest BCUT2D eigenvalue weighted by molar-refractivity contribution is 5.99. The summed E-state index contributed by atoms with van der Waals surface area (Å²) in [5, 5.41) is 9.67. The minimum atomic E-state index is -0.550. The van der Waals surface area contributed by atoms with E-state index in [0.717, 1.165) is 5.56 Å². The first-order valence-electron chi connectivity index (χ1n) is 8.77. The largest absolute Gasteiger partial charge is 0.497 e. The minimum absolute atomic E-state index is 0.0428. The van der Waals surface area contributed by atoms with Crippen molar-refractivity contribution in [2.45, 2.75) is 12.5 Å². The van der Waals surface area contributed by atoms with E-state index in [1.54, 1.807) is 48.4 Å². The lowest BCUT2D eigenvalue weighted by molar-refractivity contribution is 0.0716. The van der Waals surface area contributed by atoms with Gasteiger partial charge in [-0.3, -0.25) is 9.59 Å². The molecular weight excluding hydrogens is 346 g/mol. The van der Waals surface area contributed by atoms with Gasteiger partial charge in [0.1, 0.15) is 11.3 Å². The van der Waals surface area contributed by atoms with Gasteiger partial charge in [-0.25, -0.2) is 0 Å². The number of amides is 1. The van der Waals surface area contributed by atoms with E-state index in [1.807, 2.05) is 12.1 Å². The lowest BCUT2D eigenvalue weighted by atomic mass is 9.98. The normalized spacial score (nSPS) is 16.0. The van der Waals surface area contributed by atoms with Crippen LogP contribution in [0.2, 0.25) is 0 Å². The van der Waals surface area contributed by atoms with Crippen LogP contribution in [0.25, 0.3) is 11.0 Å². The molecule has 6 heteroatoms. The SMILES string of the molecule is COc1ccc(C2c3c(oc4ccccc4c3=O)C(=O)N2CCCO)cc1. The van der Waals surface area contributed by atoms with Gasteiger partial charge in [0.25, 0.3) is 5.91 Å². The van der Waals surface area contributed by atoms with Crippen LogP contribution >= 0.6 is 0 Å². The molecule has 0 saturated heterocycles. The second kappa shape index (κ2) is 6.89. The number of carbonyl (C=O) groups is 1. The first-order valence-corrected chi connectivity index (χ1v) is 8.77. The van der Waals surface area contributed by atoms with Gasteiger partial charge in [-0.1, -0.05) is 24.3 Å². The van der Waals surface area contributed by atoms with Crippen molar-refractivity contribution in [2.75, 3.05) is 20.3 Å². The zero-order chi connectivity index (χ0) is 19.0. The molecule has 0 aliphatic carbocycles. The van der Waals surface area contributed by atoms with Crippen LogP contribution in [0.5, 0.6) is 5.75 Å². The summed E-state index contributed by atoms with van der Waals surface area (Å²) < 4.78 is 11.0. The van der Waals surface area contributed by atoms with Crippen LogP contribution in [-0.4, -0.2) is 36.2 Å². The van der Waals surface area contributed by atoms with E-state index in [2.05, 4.69) is 0 Å². The first-order chi connectivity index (χ1) is 13.2. The molecule has 1 aliphatic rings. The topological polar surface area (TPSA) is 80.0 Å². The monoisotopic (exact) mass is 365 g/mol. The molecular formula is C21H19NO5. The maximum atomic E-state index is 13.2. The standard InChI is InChI=1S/C21H19NO5/c1-26-14-9-7-13(8-10-14)18-17-19(24)15-5-2-3-6-16(15)27-20(17)21(25)22(18)11-4-12-23/h2-3,5-10,18,23H,4,11-12H2,1H3. The number of rotatable bonds is 5. The predicted octanol–water partition coefficient (Wildman–Crippen LogP) is 2.73. The average Bonchev–Trinajstić information content (AvgIpc) is 2.99. The number of hydrogen-bond acceptors (Lipinski definition) is 5. The van der Waals surface area contributed by atoms with Crippen molar-refractivity contribution in [1.82, 2.24) is 4.90 Å². The summed E-state index contributed by atoms with van der Waals surface area (Å²) in [6, 6.07) is 13.6. The van der Waals surface area contributed by atoms with Crippen molar-refractivity contribution >= 4 is 16.9 Å². The summed E-state index contributed by atoms with van der Waals surface area (Å²) >= 11 is 0. The molecule has 1 aliphatic heterocycles. The number of ether oxygens (including phenoxy) is 1. The van der Waals surface area contributed by atoms with E-state index < -0.39 is 6.04 Å². The number of carbonyl (C=O) groups excluding carboxylic acids is 1. The van der Waals surface area contributed by atoms with Crippen molar-refractivity contribution in [1.29, 1.82) is 0 Å². The quantitative estimate of drug-likeness (QED) is 0.752. The molecule has 4 rings (SSSR count). The maximum absolute atomic E-state index is 13.2. The summed E-state index contributed by atoms with van der Waals surface area (Å²) in [5.41, 5.74) is 1.34. The Hall–Kier alpha value is -3.12. The third-order valence-corrected chi connectivity index (χ3v) is 4.86. The Morgan fingerprint density at radius 3 is 2.56 bits per heavy atom. The fourth-order valence-electron chi connectivity index (χ4n) is 3.57. The molecule has 0 fully saturated rings. The van der Waals surface area contributed by atoms with Crippen LogP contribution in [-0.2, 0) is 0 Å². The molecule has 0 spiro atoms. The number of benzene rings is 2. The Morgan fingerprint density at radius 2 is 1.85 bits per heavy atom. The predicted molar refractivity (Wildman–Crippen MR) is 100 cm³/mol.